The molecule has 2 aromatic heterocycles. The Balaban J connectivity index is 1.49. The summed E-state index contributed by atoms with van der Waals surface area (Å²) >= 11 is 0.441. The van der Waals surface area contributed by atoms with Crippen LogP contribution in [0.2, 0.25) is 0 Å². The van der Waals surface area contributed by atoms with E-state index in [1.807, 2.05) is 0 Å². The van der Waals surface area contributed by atoms with Gasteiger partial charge in [-0.3, -0.25) is 0 Å². The average molecular weight is 731 g/mol. The van der Waals surface area contributed by atoms with Gasteiger partial charge in [-0.1, -0.05) is 6.92 Å². The second-order valence-electron chi connectivity index (χ2n) is 13.0. The van der Waals surface area contributed by atoms with Gasteiger partial charge in [0.2, 0.25) is 6.43 Å². The van der Waals surface area contributed by atoms with E-state index in [-0.39, 0.29) is 48.6 Å². The quantitative estimate of drug-likeness (QED) is 0.206. The van der Waals surface area contributed by atoms with Gasteiger partial charge in [-0.05, 0) is 38.8 Å². The summed E-state index contributed by atoms with van der Waals surface area (Å²) in [6.07, 6.45) is -7.62. The molecule has 3 aliphatic rings. The van der Waals surface area contributed by atoms with Gasteiger partial charge in [-0.2, -0.15) is 28.4 Å². The lowest BCUT2D eigenvalue weighted by Gasteiger charge is -2.44. The van der Waals surface area contributed by atoms with E-state index in [1.54, 1.807) is 6.07 Å². The maximum atomic E-state index is 17.2. The highest BCUT2D eigenvalue weighted by atomic mass is 32.1. The van der Waals surface area contributed by atoms with Crippen LogP contribution in [0.3, 0.4) is 0 Å². The lowest BCUT2D eigenvalue weighted by molar-refractivity contribution is -0.137. The number of hydrogen-bond donors (Lipinski definition) is 2. The lowest BCUT2D eigenvalue weighted by atomic mass is 9.73. The van der Waals surface area contributed by atoms with Crippen LogP contribution in [0.15, 0.2) is 12.1 Å². The normalized spacial score (nSPS) is 26.5. The van der Waals surface area contributed by atoms with Crippen molar-refractivity contribution >= 4 is 43.1 Å². The molecule has 2 aromatic carbocycles. The summed E-state index contributed by atoms with van der Waals surface area (Å²) in [5, 5.41) is 11.5. The third-order valence-corrected chi connectivity index (χ3v) is 10.7. The summed E-state index contributed by atoms with van der Waals surface area (Å²) in [6, 6.07) is 0.995. The van der Waals surface area contributed by atoms with Gasteiger partial charge < -0.3 is 25.6 Å². The molecule has 5 heterocycles. The smallest absolute Gasteiger partial charge is 0.417 e. The van der Waals surface area contributed by atoms with Crippen LogP contribution < -0.4 is 20.7 Å². The number of nitriles is 1. The zero-order valence-electron chi connectivity index (χ0n) is 31.1. The molecule has 17 heteroatoms. The minimum atomic E-state index is -5.40. The van der Waals surface area contributed by atoms with Crippen molar-refractivity contribution in [2.75, 3.05) is 50.3 Å². The van der Waals surface area contributed by atoms with Crippen LogP contribution in [0.25, 0.3) is 32.1 Å². The number of halogens is 8. The first kappa shape index (κ1) is 28.7. The molecule has 0 radical (unpaired) electrons. The number of alkyl halides is 5. The number of fused-ring (bicyclic) bond motifs is 4. The SMILES string of the molecule is [2H]C([2H])([2H])N1CC[C@H](C(F)F)[C@](C)(C([2H])([2H])Oc2nc(N3C[C@H]4CC[C@@H](C3)N4)c3cc(C(F)(F)F)c(-c4c(F)cc(F)c5sc(N)c(C#N)c45)c(F)c3n2)C1. The van der Waals surface area contributed by atoms with Crippen molar-refractivity contribution < 1.29 is 46.7 Å². The predicted molar refractivity (Wildman–Crippen MR) is 172 cm³/mol. The molecule has 2 bridgehead atoms. The number of nitrogen functional groups attached to an aromatic ring is 1. The van der Waals surface area contributed by atoms with Crippen LogP contribution in [-0.2, 0) is 6.18 Å². The number of nitrogens with one attached hydrogen (secondary N) is 1. The molecular formula is C33H31F8N7OS. The number of rotatable bonds is 6. The lowest BCUT2D eigenvalue weighted by Crippen LogP contribution is -2.51. The van der Waals surface area contributed by atoms with Gasteiger partial charge in [0.15, 0.2) is 5.82 Å². The number of piperidine rings is 1. The topological polar surface area (TPSA) is 103 Å². The third kappa shape index (κ3) is 5.74. The first-order chi connectivity index (χ1) is 25.6. The minimum absolute atomic E-state index is 0.144. The molecule has 0 aliphatic carbocycles. The fourth-order valence-electron chi connectivity index (χ4n) is 7.38. The molecule has 0 unspecified atom stereocenters. The van der Waals surface area contributed by atoms with Gasteiger partial charge >= 0.3 is 12.2 Å². The Morgan fingerprint density at radius 1 is 1.16 bits per heavy atom. The van der Waals surface area contributed by atoms with E-state index < -0.39 is 117 Å². The molecule has 266 valence electrons. The average Bonchev–Trinajstić information content (AvgIpc) is 3.60. The number of nitrogens with zero attached hydrogens (tertiary/aromatic N) is 5. The molecule has 4 atom stereocenters. The van der Waals surface area contributed by atoms with Crippen molar-refractivity contribution in [1.82, 2.24) is 20.2 Å². The molecule has 3 fully saturated rings. The number of ether oxygens (including phenoxy) is 1. The van der Waals surface area contributed by atoms with Crippen LogP contribution in [0.1, 0.15) is 44.2 Å². The number of likely N-dealkylation sites (tertiary alicyclic amines) is 1. The molecular weight excluding hydrogens is 694 g/mol. The highest BCUT2D eigenvalue weighted by Crippen LogP contribution is 2.49. The maximum absolute atomic E-state index is 17.2. The fourth-order valence-corrected chi connectivity index (χ4v) is 8.31. The third-order valence-electron chi connectivity index (χ3n) is 9.70. The molecule has 7 rings (SSSR count). The van der Waals surface area contributed by atoms with Crippen LogP contribution >= 0.6 is 11.3 Å². The Morgan fingerprint density at radius 3 is 2.52 bits per heavy atom. The Bertz CT molecular complexity index is 2240. The van der Waals surface area contributed by atoms with E-state index in [4.69, 9.17) is 17.3 Å². The Kier molecular flexibility index (Phi) is 7.07. The number of thiophene rings is 1. The monoisotopic (exact) mass is 730 g/mol. The number of nitrogens with two attached hydrogens (primary N) is 1. The highest BCUT2D eigenvalue weighted by molar-refractivity contribution is 7.23. The van der Waals surface area contributed by atoms with Crippen molar-refractivity contribution in [3.8, 4) is 23.2 Å². The van der Waals surface area contributed by atoms with Crippen LogP contribution in [0.4, 0.5) is 45.9 Å². The molecule has 3 saturated heterocycles. The van der Waals surface area contributed by atoms with Gasteiger partial charge in [-0.15, -0.1) is 11.3 Å². The second kappa shape index (κ2) is 12.3. The van der Waals surface area contributed by atoms with Crippen molar-refractivity contribution in [2.24, 2.45) is 11.3 Å². The molecule has 0 spiro atoms. The largest absolute Gasteiger partial charge is 0.463 e. The number of aromatic nitrogens is 2. The first-order valence-electron chi connectivity index (χ1n) is 18.0. The van der Waals surface area contributed by atoms with Gasteiger partial charge in [0.1, 0.15) is 34.0 Å². The second-order valence-corrected chi connectivity index (χ2v) is 14.1. The van der Waals surface area contributed by atoms with E-state index in [2.05, 4.69) is 15.3 Å². The van der Waals surface area contributed by atoms with Crippen LogP contribution in [0, 0.1) is 40.1 Å². The number of piperazine rings is 1. The van der Waals surface area contributed by atoms with E-state index in [0.717, 1.165) is 11.8 Å². The molecule has 0 saturated carbocycles. The van der Waals surface area contributed by atoms with Gasteiger partial charge in [0, 0.05) is 75.1 Å². The van der Waals surface area contributed by atoms with Gasteiger partial charge in [0.25, 0.3) is 0 Å². The molecule has 4 aromatic rings. The number of hydrogen-bond acceptors (Lipinski definition) is 9. The van der Waals surface area contributed by atoms with Crippen molar-refractivity contribution in [3.05, 3.63) is 40.7 Å². The zero-order chi connectivity index (χ0) is 40.2. The van der Waals surface area contributed by atoms with Gasteiger partial charge in [0.05, 0.1) is 25.1 Å². The van der Waals surface area contributed by atoms with Gasteiger partial charge in [-0.25, -0.2) is 22.0 Å². The predicted octanol–water partition coefficient (Wildman–Crippen LogP) is 6.94. The van der Waals surface area contributed by atoms with Crippen LogP contribution in [0.5, 0.6) is 6.01 Å². The molecule has 3 N–H and O–H groups in total. The van der Waals surface area contributed by atoms with E-state index in [0.29, 0.717) is 30.2 Å². The van der Waals surface area contributed by atoms with E-state index in [9.17, 15) is 18.4 Å². The Morgan fingerprint density at radius 2 is 1.88 bits per heavy atom. The zero-order valence-corrected chi connectivity index (χ0v) is 26.9. The molecule has 3 aliphatic heterocycles. The fraction of sp³-hybridized carbons (Fsp3) is 0.485. The van der Waals surface area contributed by atoms with Crippen molar-refractivity contribution in [3.63, 3.8) is 0 Å². The Hall–Kier alpha value is -4.01. The molecule has 50 heavy (non-hydrogen) atoms. The maximum Gasteiger partial charge on any atom is 0.417 e. The summed E-state index contributed by atoms with van der Waals surface area (Å²) in [7, 11) is 0. The summed E-state index contributed by atoms with van der Waals surface area (Å²) in [6.45, 7) is -5.71. The Labute approximate surface area is 291 Å². The molecule has 8 nitrogen and oxygen atoms in total. The van der Waals surface area contributed by atoms with E-state index in [1.165, 1.54) is 4.90 Å². The number of anilines is 2. The molecule has 0 amide bonds. The summed E-state index contributed by atoms with van der Waals surface area (Å²) in [5.41, 5.74) is -2.26. The van der Waals surface area contributed by atoms with Crippen LogP contribution in [-0.4, -0.2) is 73.1 Å². The van der Waals surface area contributed by atoms with Crippen molar-refractivity contribution in [2.45, 2.75) is 50.9 Å². The first-order valence-corrected chi connectivity index (χ1v) is 16.3. The highest BCUT2D eigenvalue weighted by Gasteiger charge is 2.45. The minimum Gasteiger partial charge on any atom is -0.463 e. The number of benzene rings is 2. The van der Waals surface area contributed by atoms with Crippen molar-refractivity contribution in [1.29, 1.82) is 5.26 Å². The summed E-state index contributed by atoms with van der Waals surface area (Å²) < 4.78 is 168. The standard InChI is InChI=1S/C33H31F8N7OS/c1-32(12-47(2)6-5-18(32)28(37)38)13-49-31-45-26-16(30(46-31)48-10-14-3-4-15(11-48)44-14)7-19(33(39,40)41)23(25(26)36)24-20(34)8-21(35)27-22(24)17(9-42)29(43)50-27/h7-8,14-15,18,28,44H,3-6,10-13,43H2,1-2H3/t14-,15+,18-,32+/m1/s1/i2D3,13D2. The van der Waals surface area contributed by atoms with E-state index >= 15 is 22.0 Å². The summed E-state index contributed by atoms with van der Waals surface area (Å²) in [5.74, 6) is -6.84. The summed E-state index contributed by atoms with van der Waals surface area (Å²) in [4.78, 5) is 10.6.